The van der Waals surface area contributed by atoms with Gasteiger partial charge in [-0.3, -0.25) is 9.89 Å². The van der Waals surface area contributed by atoms with Crippen molar-refractivity contribution in [1.29, 1.82) is 0 Å². The van der Waals surface area contributed by atoms with Gasteiger partial charge in [0.05, 0.1) is 11.7 Å². The van der Waals surface area contributed by atoms with Gasteiger partial charge in [0, 0.05) is 12.6 Å². The molecule has 0 unspecified atom stereocenters. The van der Waals surface area contributed by atoms with E-state index in [1.807, 2.05) is 0 Å². The molecule has 1 aromatic heterocycles. The van der Waals surface area contributed by atoms with E-state index in [-0.39, 0.29) is 0 Å². The van der Waals surface area contributed by atoms with Crippen molar-refractivity contribution in [3.05, 3.63) is 18.0 Å². The lowest BCUT2D eigenvalue weighted by Crippen LogP contribution is -2.24. The van der Waals surface area contributed by atoms with Gasteiger partial charge in [0.2, 0.25) is 6.29 Å². The molecule has 4 nitrogen and oxygen atoms in total. The van der Waals surface area contributed by atoms with Gasteiger partial charge in [0.15, 0.2) is 0 Å². The van der Waals surface area contributed by atoms with Crippen LogP contribution in [0.4, 0.5) is 0 Å². The average molecular weight is 138 g/mol. The SMILES string of the molecule is N[C@H]([C]=O)Cc1cc[nH]n1. The number of nitrogens with one attached hydrogen (secondary N) is 1. The van der Waals surface area contributed by atoms with Crippen LogP contribution in [0, 0.1) is 0 Å². The molecular weight excluding hydrogens is 130 g/mol. The Labute approximate surface area is 58.4 Å². The Balaban J connectivity index is 2.47. The Morgan fingerprint density at radius 1 is 1.90 bits per heavy atom. The second-order valence-corrected chi connectivity index (χ2v) is 1.99. The zero-order chi connectivity index (χ0) is 7.40. The highest BCUT2D eigenvalue weighted by Gasteiger charge is 2.03. The second-order valence-electron chi connectivity index (χ2n) is 1.99. The molecule has 3 N–H and O–H groups in total. The van der Waals surface area contributed by atoms with Crippen molar-refractivity contribution in [2.75, 3.05) is 0 Å². The van der Waals surface area contributed by atoms with Crippen molar-refractivity contribution in [3.8, 4) is 0 Å². The molecule has 0 aliphatic heterocycles. The third-order valence-corrected chi connectivity index (χ3v) is 1.14. The van der Waals surface area contributed by atoms with Gasteiger partial charge in [-0.2, -0.15) is 5.10 Å². The number of aromatic nitrogens is 2. The lowest BCUT2D eigenvalue weighted by atomic mass is 10.2. The Morgan fingerprint density at radius 3 is 3.20 bits per heavy atom. The minimum absolute atomic E-state index is 0.451. The highest BCUT2D eigenvalue weighted by atomic mass is 16.1. The second kappa shape index (κ2) is 3.12. The molecule has 1 rings (SSSR count). The van der Waals surface area contributed by atoms with Gasteiger partial charge in [0.25, 0.3) is 0 Å². The molecule has 10 heavy (non-hydrogen) atoms. The predicted octanol–water partition coefficient (Wildman–Crippen LogP) is -0.611. The zero-order valence-corrected chi connectivity index (χ0v) is 5.37. The Kier molecular flexibility index (Phi) is 2.17. The number of nitrogens with zero attached hydrogens (tertiary/aromatic N) is 1. The fourth-order valence-electron chi connectivity index (χ4n) is 0.672. The normalized spacial score (nSPS) is 12.9. The standard InChI is InChI=1S/C6H8N3O/c7-5(4-10)3-6-1-2-8-9-6/h1-2,5H,3,7H2,(H,8,9)/t5-/m0/s1. The topological polar surface area (TPSA) is 71.8 Å². The summed E-state index contributed by atoms with van der Waals surface area (Å²) in [6.45, 7) is 0. The van der Waals surface area contributed by atoms with Crippen molar-refractivity contribution in [2.24, 2.45) is 5.73 Å². The lowest BCUT2D eigenvalue weighted by molar-refractivity contribution is 0.540. The third kappa shape index (κ3) is 1.66. The highest BCUT2D eigenvalue weighted by molar-refractivity contribution is 5.58. The number of hydrogen-bond acceptors (Lipinski definition) is 3. The van der Waals surface area contributed by atoms with Crippen LogP contribution in [0.1, 0.15) is 5.69 Å². The molecule has 0 aromatic carbocycles. The summed E-state index contributed by atoms with van der Waals surface area (Å²) < 4.78 is 0. The third-order valence-electron chi connectivity index (χ3n) is 1.14. The van der Waals surface area contributed by atoms with Crippen molar-refractivity contribution in [3.63, 3.8) is 0 Å². The predicted molar refractivity (Wildman–Crippen MR) is 36.0 cm³/mol. The maximum absolute atomic E-state index is 9.94. The lowest BCUT2D eigenvalue weighted by Gasteiger charge is -1.96. The molecule has 53 valence electrons. The summed E-state index contributed by atoms with van der Waals surface area (Å²) in [5.74, 6) is 0. The summed E-state index contributed by atoms with van der Waals surface area (Å²) >= 11 is 0. The molecule has 1 aromatic rings. The molecule has 0 saturated heterocycles. The fourth-order valence-corrected chi connectivity index (χ4v) is 0.672. The largest absolute Gasteiger partial charge is 0.321 e. The molecule has 0 amide bonds. The number of carbonyl (C=O) groups excluding carboxylic acids is 1. The molecule has 1 heterocycles. The van der Waals surface area contributed by atoms with E-state index in [2.05, 4.69) is 10.2 Å². The van der Waals surface area contributed by atoms with Gasteiger partial charge in [0.1, 0.15) is 0 Å². The molecule has 0 saturated carbocycles. The van der Waals surface area contributed by atoms with Crippen LogP contribution in [0.2, 0.25) is 0 Å². The first-order chi connectivity index (χ1) is 4.83. The highest BCUT2D eigenvalue weighted by Crippen LogP contribution is 1.93. The molecular formula is C6H8N3O. The van der Waals surface area contributed by atoms with Crippen molar-refractivity contribution < 1.29 is 4.79 Å². The first kappa shape index (κ1) is 6.95. The van der Waals surface area contributed by atoms with E-state index in [0.717, 1.165) is 5.69 Å². The molecule has 0 bridgehead atoms. The Morgan fingerprint density at radius 2 is 2.70 bits per heavy atom. The van der Waals surface area contributed by atoms with Crippen LogP contribution >= 0.6 is 0 Å². The minimum Gasteiger partial charge on any atom is -0.321 e. The van der Waals surface area contributed by atoms with E-state index in [1.54, 1.807) is 18.5 Å². The molecule has 0 aliphatic carbocycles. The number of aromatic amines is 1. The van der Waals surface area contributed by atoms with Crippen LogP contribution in [0.3, 0.4) is 0 Å². The maximum Gasteiger partial charge on any atom is 0.217 e. The van der Waals surface area contributed by atoms with E-state index in [1.165, 1.54) is 0 Å². The van der Waals surface area contributed by atoms with Gasteiger partial charge in [-0.15, -0.1) is 0 Å². The number of hydrogen-bond donors (Lipinski definition) is 2. The van der Waals surface area contributed by atoms with Crippen molar-refractivity contribution >= 4 is 6.29 Å². The van der Waals surface area contributed by atoms with Gasteiger partial charge in [-0.05, 0) is 6.07 Å². The summed E-state index contributed by atoms with van der Waals surface area (Å²) in [6, 6.07) is 1.22. The van der Waals surface area contributed by atoms with Gasteiger partial charge in [-0.1, -0.05) is 0 Å². The molecule has 0 spiro atoms. The molecule has 0 aliphatic rings. The van der Waals surface area contributed by atoms with E-state index in [9.17, 15) is 4.79 Å². The zero-order valence-electron chi connectivity index (χ0n) is 5.37. The van der Waals surface area contributed by atoms with Crippen LogP contribution in [0.15, 0.2) is 12.3 Å². The van der Waals surface area contributed by atoms with Crippen LogP contribution in [0.5, 0.6) is 0 Å². The van der Waals surface area contributed by atoms with Crippen LogP contribution in [-0.4, -0.2) is 22.5 Å². The minimum atomic E-state index is -0.553. The first-order valence-corrected chi connectivity index (χ1v) is 2.95. The molecule has 0 fully saturated rings. The average Bonchev–Trinajstić information content (AvgIpc) is 2.40. The quantitative estimate of drug-likeness (QED) is 0.585. The molecule has 1 radical (unpaired) electrons. The summed E-state index contributed by atoms with van der Waals surface area (Å²) in [7, 11) is 0. The van der Waals surface area contributed by atoms with Crippen molar-refractivity contribution in [1.82, 2.24) is 10.2 Å². The molecule has 4 heteroatoms. The first-order valence-electron chi connectivity index (χ1n) is 2.95. The van der Waals surface area contributed by atoms with Gasteiger partial charge < -0.3 is 5.73 Å². The molecule has 1 atom stereocenters. The van der Waals surface area contributed by atoms with Crippen LogP contribution < -0.4 is 5.73 Å². The van der Waals surface area contributed by atoms with Crippen LogP contribution in [0.25, 0.3) is 0 Å². The fraction of sp³-hybridized carbons (Fsp3) is 0.333. The van der Waals surface area contributed by atoms with E-state index < -0.39 is 6.04 Å². The summed E-state index contributed by atoms with van der Waals surface area (Å²) in [5, 5.41) is 6.44. The Hall–Kier alpha value is -1.16. The smallest absolute Gasteiger partial charge is 0.217 e. The number of H-pyrrole nitrogens is 1. The van der Waals surface area contributed by atoms with E-state index in [0.29, 0.717) is 6.42 Å². The summed E-state index contributed by atoms with van der Waals surface area (Å²) in [5.41, 5.74) is 6.07. The van der Waals surface area contributed by atoms with Gasteiger partial charge >= 0.3 is 0 Å². The monoisotopic (exact) mass is 138 g/mol. The van der Waals surface area contributed by atoms with Gasteiger partial charge in [-0.25, -0.2) is 0 Å². The number of nitrogens with two attached hydrogens (primary N) is 1. The van der Waals surface area contributed by atoms with E-state index in [4.69, 9.17) is 5.73 Å². The van der Waals surface area contributed by atoms with Crippen LogP contribution in [-0.2, 0) is 11.2 Å². The summed E-state index contributed by atoms with van der Waals surface area (Å²) in [6.07, 6.45) is 3.82. The summed E-state index contributed by atoms with van der Waals surface area (Å²) in [4.78, 5) is 9.94. The Bertz CT molecular complexity index is 195. The van der Waals surface area contributed by atoms with Crippen molar-refractivity contribution in [2.45, 2.75) is 12.5 Å². The van der Waals surface area contributed by atoms with E-state index >= 15 is 0 Å². The number of rotatable bonds is 3. The maximum atomic E-state index is 9.94.